The maximum Gasteiger partial charge on any atom is 0.217 e. The quantitative estimate of drug-likeness (QED) is 0.882. The molecule has 2 aromatic carbocycles. The van der Waals surface area contributed by atoms with Crippen LogP contribution in [0.15, 0.2) is 54.6 Å². The largest absolute Gasteiger partial charge is 0.353 e. The van der Waals surface area contributed by atoms with Crippen molar-refractivity contribution < 1.29 is 4.79 Å². The number of nitrogens with one attached hydrogen (secondary N) is 1. The average Bonchev–Trinajstić information content (AvgIpc) is 2.47. The first-order valence-corrected chi connectivity index (χ1v) is 7.22. The SMILES string of the molecule is CC(=O)NC/C=C(/C)c1ccc(-c2ccccc2Cl)cc1. The van der Waals surface area contributed by atoms with E-state index < -0.39 is 0 Å². The van der Waals surface area contributed by atoms with Crippen LogP contribution < -0.4 is 5.32 Å². The third-order valence-electron chi connectivity index (χ3n) is 3.28. The minimum Gasteiger partial charge on any atom is -0.353 e. The zero-order valence-electron chi connectivity index (χ0n) is 12.2. The smallest absolute Gasteiger partial charge is 0.217 e. The third kappa shape index (κ3) is 4.20. The van der Waals surface area contributed by atoms with E-state index in [1.807, 2.05) is 37.3 Å². The number of halogens is 1. The molecular weight excluding hydrogens is 282 g/mol. The molecule has 2 rings (SSSR count). The summed E-state index contributed by atoms with van der Waals surface area (Å²) in [5, 5.41) is 3.51. The summed E-state index contributed by atoms with van der Waals surface area (Å²) >= 11 is 6.21. The van der Waals surface area contributed by atoms with E-state index in [4.69, 9.17) is 11.6 Å². The Labute approximate surface area is 130 Å². The van der Waals surface area contributed by atoms with Gasteiger partial charge in [-0.3, -0.25) is 4.79 Å². The lowest BCUT2D eigenvalue weighted by molar-refractivity contribution is -0.118. The van der Waals surface area contributed by atoms with Crippen LogP contribution in [0.25, 0.3) is 16.7 Å². The number of carbonyl (C=O) groups is 1. The van der Waals surface area contributed by atoms with Crippen LogP contribution in [0.3, 0.4) is 0 Å². The number of allylic oxidation sites excluding steroid dienone is 1. The van der Waals surface area contributed by atoms with Gasteiger partial charge in [0.15, 0.2) is 0 Å². The molecule has 0 bridgehead atoms. The Morgan fingerprint density at radius 3 is 2.38 bits per heavy atom. The Bertz CT molecular complexity index is 659. The molecule has 0 radical (unpaired) electrons. The van der Waals surface area contributed by atoms with Gasteiger partial charge in [-0.2, -0.15) is 0 Å². The van der Waals surface area contributed by atoms with Gasteiger partial charge >= 0.3 is 0 Å². The summed E-state index contributed by atoms with van der Waals surface area (Å²) in [4.78, 5) is 10.8. The van der Waals surface area contributed by atoms with Gasteiger partial charge in [-0.1, -0.05) is 60.1 Å². The van der Waals surface area contributed by atoms with Gasteiger partial charge < -0.3 is 5.32 Å². The van der Waals surface area contributed by atoms with E-state index in [1.165, 1.54) is 6.92 Å². The molecule has 2 nitrogen and oxygen atoms in total. The van der Waals surface area contributed by atoms with Crippen molar-refractivity contribution in [1.82, 2.24) is 5.32 Å². The topological polar surface area (TPSA) is 29.1 Å². The van der Waals surface area contributed by atoms with E-state index in [0.717, 1.165) is 27.3 Å². The fraction of sp³-hybridized carbons (Fsp3) is 0.167. The highest BCUT2D eigenvalue weighted by Gasteiger charge is 2.03. The first kappa shape index (κ1) is 15.3. The molecule has 21 heavy (non-hydrogen) atoms. The average molecular weight is 300 g/mol. The highest BCUT2D eigenvalue weighted by molar-refractivity contribution is 6.33. The summed E-state index contributed by atoms with van der Waals surface area (Å²) < 4.78 is 0. The number of hydrogen-bond acceptors (Lipinski definition) is 1. The van der Waals surface area contributed by atoms with Crippen molar-refractivity contribution in [2.24, 2.45) is 0 Å². The fourth-order valence-electron chi connectivity index (χ4n) is 2.07. The molecule has 0 spiro atoms. The summed E-state index contributed by atoms with van der Waals surface area (Å²) in [5.74, 6) is -0.0203. The zero-order valence-corrected chi connectivity index (χ0v) is 12.9. The van der Waals surface area contributed by atoms with Crippen LogP contribution in [0.4, 0.5) is 0 Å². The van der Waals surface area contributed by atoms with Gasteiger partial charge in [0.1, 0.15) is 0 Å². The summed E-state index contributed by atoms with van der Waals surface area (Å²) in [6.07, 6.45) is 2.01. The molecule has 0 unspecified atom stereocenters. The molecule has 2 aromatic rings. The van der Waals surface area contributed by atoms with Gasteiger partial charge in [-0.05, 0) is 29.7 Å². The van der Waals surface area contributed by atoms with E-state index in [2.05, 4.69) is 29.6 Å². The van der Waals surface area contributed by atoms with Crippen molar-refractivity contribution in [1.29, 1.82) is 0 Å². The van der Waals surface area contributed by atoms with Crippen LogP contribution in [-0.2, 0) is 4.79 Å². The second-order valence-electron chi connectivity index (χ2n) is 4.88. The molecule has 0 aliphatic carbocycles. The molecule has 1 amide bonds. The van der Waals surface area contributed by atoms with Crippen LogP contribution in [0.5, 0.6) is 0 Å². The first-order chi connectivity index (χ1) is 10.1. The van der Waals surface area contributed by atoms with Gasteiger partial charge in [0, 0.05) is 24.1 Å². The maximum atomic E-state index is 10.8. The highest BCUT2D eigenvalue weighted by Crippen LogP contribution is 2.28. The predicted molar refractivity (Wildman–Crippen MR) is 89.2 cm³/mol. The van der Waals surface area contributed by atoms with Gasteiger partial charge in [0.05, 0.1) is 0 Å². The van der Waals surface area contributed by atoms with Crippen molar-refractivity contribution in [3.05, 3.63) is 65.2 Å². The molecule has 1 N–H and O–H groups in total. The number of benzene rings is 2. The Balaban J connectivity index is 2.16. The predicted octanol–water partition coefficient (Wildman–Crippen LogP) is 4.55. The maximum absolute atomic E-state index is 10.8. The lowest BCUT2D eigenvalue weighted by Gasteiger charge is -2.07. The lowest BCUT2D eigenvalue weighted by atomic mass is 10.0. The van der Waals surface area contributed by atoms with Crippen LogP contribution in [0, 0.1) is 0 Å². The van der Waals surface area contributed by atoms with Crippen molar-refractivity contribution in [3.8, 4) is 11.1 Å². The Morgan fingerprint density at radius 1 is 1.10 bits per heavy atom. The molecule has 0 aromatic heterocycles. The Kier molecular flexibility index (Phi) is 5.18. The monoisotopic (exact) mass is 299 g/mol. The van der Waals surface area contributed by atoms with Gasteiger partial charge in [-0.25, -0.2) is 0 Å². The van der Waals surface area contributed by atoms with Crippen LogP contribution in [0.2, 0.25) is 5.02 Å². The van der Waals surface area contributed by atoms with E-state index >= 15 is 0 Å². The minimum absolute atomic E-state index is 0.0203. The molecule has 0 aliphatic rings. The molecule has 0 fully saturated rings. The Morgan fingerprint density at radius 2 is 1.76 bits per heavy atom. The van der Waals surface area contributed by atoms with Crippen molar-refractivity contribution in [2.75, 3.05) is 6.54 Å². The summed E-state index contributed by atoms with van der Waals surface area (Å²) in [5.41, 5.74) is 4.40. The number of hydrogen-bond donors (Lipinski definition) is 1. The second kappa shape index (κ2) is 7.09. The lowest BCUT2D eigenvalue weighted by Crippen LogP contribution is -2.19. The van der Waals surface area contributed by atoms with E-state index in [1.54, 1.807) is 0 Å². The number of carbonyl (C=O) groups excluding carboxylic acids is 1. The minimum atomic E-state index is -0.0203. The molecule has 108 valence electrons. The summed E-state index contributed by atoms with van der Waals surface area (Å²) in [7, 11) is 0. The van der Waals surface area contributed by atoms with Gasteiger partial charge in [-0.15, -0.1) is 0 Å². The van der Waals surface area contributed by atoms with Crippen LogP contribution in [-0.4, -0.2) is 12.5 Å². The van der Waals surface area contributed by atoms with Gasteiger partial charge in [0.2, 0.25) is 5.91 Å². The Hall–Kier alpha value is -2.06. The van der Waals surface area contributed by atoms with E-state index in [-0.39, 0.29) is 5.91 Å². The normalized spacial score (nSPS) is 11.3. The molecule has 0 heterocycles. The van der Waals surface area contributed by atoms with E-state index in [0.29, 0.717) is 6.54 Å². The van der Waals surface area contributed by atoms with Gasteiger partial charge in [0.25, 0.3) is 0 Å². The second-order valence-corrected chi connectivity index (χ2v) is 5.29. The number of rotatable bonds is 4. The standard InChI is InChI=1S/C18H18ClNO/c1-13(11-12-20-14(2)21)15-7-9-16(10-8-15)17-5-3-4-6-18(17)19/h3-11H,12H2,1-2H3,(H,20,21)/b13-11-. The zero-order chi connectivity index (χ0) is 15.2. The third-order valence-corrected chi connectivity index (χ3v) is 3.61. The summed E-state index contributed by atoms with van der Waals surface area (Å²) in [6.45, 7) is 4.10. The highest BCUT2D eigenvalue weighted by atomic mass is 35.5. The molecule has 0 atom stereocenters. The molecule has 3 heteroatoms. The van der Waals surface area contributed by atoms with Crippen molar-refractivity contribution >= 4 is 23.1 Å². The van der Waals surface area contributed by atoms with Crippen molar-refractivity contribution in [3.63, 3.8) is 0 Å². The first-order valence-electron chi connectivity index (χ1n) is 6.84. The molecule has 0 saturated carbocycles. The van der Waals surface area contributed by atoms with Crippen molar-refractivity contribution in [2.45, 2.75) is 13.8 Å². The molecular formula is C18H18ClNO. The van der Waals surface area contributed by atoms with Crippen LogP contribution >= 0.6 is 11.6 Å². The number of amides is 1. The van der Waals surface area contributed by atoms with E-state index in [9.17, 15) is 4.79 Å². The summed E-state index contributed by atoms with van der Waals surface area (Å²) in [6, 6.07) is 16.1. The fourth-order valence-corrected chi connectivity index (χ4v) is 2.32. The molecule has 0 saturated heterocycles. The molecule has 0 aliphatic heterocycles. The van der Waals surface area contributed by atoms with Crippen LogP contribution in [0.1, 0.15) is 19.4 Å².